The van der Waals surface area contributed by atoms with Crippen LogP contribution in [0.15, 0.2) is 88.7 Å². The zero-order valence-electron chi connectivity index (χ0n) is 13.4. The monoisotopic (exact) mass is 353 g/mol. The van der Waals surface area contributed by atoms with Crippen molar-refractivity contribution in [3.05, 3.63) is 84.4 Å². The second kappa shape index (κ2) is 8.18. The molecule has 0 saturated heterocycles. The van der Waals surface area contributed by atoms with Crippen LogP contribution in [0.5, 0.6) is 5.75 Å². The van der Waals surface area contributed by atoms with Crippen molar-refractivity contribution in [2.45, 2.75) is 21.5 Å². The van der Waals surface area contributed by atoms with E-state index in [2.05, 4.69) is 24.3 Å². The van der Waals surface area contributed by atoms with Gasteiger partial charge in [-0.1, -0.05) is 66.0 Å². The van der Waals surface area contributed by atoms with Crippen molar-refractivity contribution >= 4 is 29.2 Å². The van der Waals surface area contributed by atoms with E-state index in [9.17, 15) is 0 Å². The topological polar surface area (TPSA) is 35.2 Å². The molecule has 0 atom stereocenters. The van der Waals surface area contributed by atoms with Crippen LogP contribution in [-0.2, 0) is 0 Å². The molecule has 3 rings (SSSR count). The molecule has 3 aromatic rings. The molecule has 122 valence electrons. The number of rotatable bonds is 6. The standard InChI is InChI=1S/C20H19NOS2/c1-15-12-13-18(21)19(14-15)22-20(23-16-8-4-2-5-9-16)24-17-10-6-3-7-11-17/h2-14,20H,21H2,1H3. The van der Waals surface area contributed by atoms with Gasteiger partial charge in [0.05, 0.1) is 5.69 Å². The predicted octanol–water partition coefficient (Wildman–Crippen LogP) is 5.82. The number of nitrogens with two attached hydrogens (primary N) is 1. The SMILES string of the molecule is Cc1ccc(N)c(OC(Sc2ccccc2)Sc2ccccc2)c1. The van der Waals surface area contributed by atoms with Gasteiger partial charge in [0.25, 0.3) is 0 Å². The van der Waals surface area contributed by atoms with Crippen molar-refractivity contribution in [3.8, 4) is 5.75 Å². The van der Waals surface area contributed by atoms with Crippen molar-refractivity contribution in [3.63, 3.8) is 0 Å². The van der Waals surface area contributed by atoms with Crippen molar-refractivity contribution in [2.24, 2.45) is 0 Å². The van der Waals surface area contributed by atoms with Crippen LogP contribution in [0.3, 0.4) is 0 Å². The van der Waals surface area contributed by atoms with Gasteiger partial charge in [-0.05, 0) is 48.9 Å². The second-order valence-electron chi connectivity index (χ2n) is 5.31. The average molecular weight is 354 g/mol. The molecule has 0 spiro atoms. The molecule has 0 heterocycles. The minimum Gasteiger partial charge on any atom is -0.467 e. The van der Waals surface area contributed by atoms with Crippen LogP contribution in [0.2, 0.25) is 0 Å². The van der Waals surface area contributed by atoms with Crippen LogP contribution >= 0.6 is 23.5 Å². The number of ether oxygens (including phenoxy) is 1. The van der Waals surface area contributed by atoms with E-state index < -0.39 is 0 Å². The Morgan fingerprint density at radius 1 is 0.792 bits per heavy atom. The number of nitrogen functional groups attached to an aromatic ring is 1. The smallest absolute Gasteiger partial charge is 0.200 e. The first-order chi connectivity index (χ1) is 11.7. The third-order valence-electron chi connectivity index (χ3n) is 3.34. The molecule has 2 N–H and O–H groups in total. The zero-order chi connectivity index (χ0) is 16.8. The molecule has 2 nitrogen and oxygen atoms in total. The molecule has 0 fully saturated rings. The van der Waals surface area contributed by atoms with Gasteiger partial charge in [-0.15, -0.1) is 0 Å². The van der Waals surface area contributed by atoms with Crippen LogP contribution in [-0.4, -0.2) is 4.77 Å². The highest BCUT2D eigenvalue weighted by Gasteiger charge is 2.16. The molecule has 24 heavy (non-hydrogen) atoms. The van der Waals surface area contributed by atoms with Gasteiger partial charge in [0.15, 0.2) is 4.77 Å². The van der Waals surface area contributed by atoms with E-state index in [0.29, 0.717) is 5.69 Å². The zero-order valence-corrected chi connectivity index (χ0v) is 15.0. The van der Waals surface area contributed by atoms with E-state index in [0.717, 1.165) is 21.1 Å². The number of hydrogen-bond acceptors (Lipinski definition) is 4. The van der Waals surface area contributed by atoms with Gasteiger partial charge < -0.3 is 10.5 Å². The molecular formula is C20H19NOS2. The Kier molecular flexibility index (Phi) is 5.72. The highest BCUT2D eigenvalue weighted by Crippen LogP contribution is 2.38. The molecule has 0 aliphatic rings. The minimum absolute atomic E-state index is 0.126. The Hall–Kier alpha value is -2.04. The summed E-state index contributed by atoms with van der Waals surface area (Å²) in [7, 11) is 0. The van der Waals surface area contributed by atoms with Gasteiger partial charge in [-0.3, -0.25) is 0 Å². The predicted molar refractivity (Wildman–Crippen MR) is 105 cm³/mol. The molecule has 0 aromatic heterocycles. The summed E-state index contributed by atoms with van der Waals surface area (Å²) < 4.78 is 6.11. The lowest BCUT2D eigenvalue weighted by atomic mass is 10.2. The summed E-state index contributed by atoms with van der Waals surface area (Å²) in [5.74, 6) is 0.729. The van der Waals surface area contributed by atoms with E-state index in [-0.39, 0.29) is 4.77 Å². The van der Waals surface area contributed by atoms with Crippen molar-refractivity contribution in [1.29, 1.82) is 0 Å². The molecule has 0 bridgehead atoms. The van der Waals surface area contributed by atoms with E-state index >= 15 is 0 Å². The third kappa shape index (κ3) is 4.73. The number of anilines is 1. The molecule has 4 heteroatoms. The average Bonchev–Trinajstić information content (AvgIpc) is 2.60. The van der Waals surface area contributed by atoms with Crippen LogP contribution < -0.4 is 10.5 Å². The molecular weight excluding hydrogens is 334 g/mol. The fourth-order valence-electron chi connectivity index (χ4n) is 2.14. The fourth-order valence-corrected chi connectivity index (χ4v) is 4.38. The Morgan fingerprint density at radius 2 is 1.33 bits per heavy atom. The molecule has 0 saturated carbocycles. The summed E-state index contributed by atoms with van der Waals surface area (Å²) in [5.41, 5.74) is 7.87. The van der Waals surface area contributed by atoms with Gasteiger partial charge in [0, 0.05) is 9.79 Å². The third-order valence-corrected chi connectivity index (χ3v) is 5.59. The summed E-state index contributed by atoms with van der Waals surface area (Å²) in [6.45, 7) is 2.04. The summed E-state index contributed by atoms with van der Waals surface area (Å²) >= 11 is 3.36. The lowest BCUT2D eigenvalue weighted by Gasteiger charge is -2.19. The number of thioether (sulfide) groups is 2. The van der Waals surface area contributed by atoms with Crippen molar-refractivity contribution < 1.29 is 4.74 Å². The minimum atomic E-state index is -0.126. The van der Waals surface area contributed by atoms with E-state index in [1.165, 1.54) is 0 Å². The van der Waals surface area contributed by atoms with Gasteiger partial charge in [0.2, 0.25) is 0 Å². The van der Waals surface area contributed by atoms with E-state index in [1.54, 1.807) is 23.5 Å². The Morgan fingerprint density at radius 3 is 1.88 bits per heavy atom. The lowest BCUT2D eigenvalue weighted by molar-refractivity contribution is 0.367. The van der Waals surface area contributed by atoms with Gasteiger partial charge in [-0.2, -0.15) is 0 Å². The second-order valence-corrected chi connectivity index (χ2v) is 7.88. The van der Waals surface area contributed by atoms with E-state index in [4.69, 9.17) is 10.5 Å². The number of benzene rings is 3. The molecule has 0 aliphatic carbocycles. The largest absolute Gasteiger partial charge is 0.467 e. The highest BCUT2D eigenvalue weighted by molar-refractivity contribution is 8.16. The van der Waals surface area contributed by atoms with Gasteiger partial charge in [0.1, 0.15) is 5.75 Å². The number of aryl methyl sites for hydroxylation is 1. The Balaban J connectivity index is 1.82. The van der Waals surface area contributed by atoms with E-state index in [1.807, 2.05) is 61.5 Å². The first-order valence-corrected chi connectivity index (χ1v) is 9.43. The van der Waals surface area contributed by atoms with Crippen LogP contribution in [0, 0.1) is 6.92 Å². The maximum Gasteiger partial charge on any atom is 0.200 e. The van der Waals surface area contributed by atoms with Crippen LogP contribution in [0.1, 0.15) is 5.56 Å². The highest BCUT2D eigenvalue weighted by atomic mass is 32.2. The molecule has 0 unspecified atom stereocenters. The summed E-state index contributed by atoms with van der Waals surface area (Å²) in [4.78, 5) is 2.33. The van der Waals surface area contributed by atoms with Gasteiger partial charge in [-0.25, -0.2) is 0 Å². The summed E-state index contributed by atoms with van der Waals surface area (Å²) in [5, 5.41) is 0. The molecule has 3 aromatic carbocycles. The van der Waals surface area contributed by atoms with Crippen molar-refractivity contribution in [1.82, 2.24) is 0 Å². The Bertz CT molecular complexity index is 737. The molecule has 0 amide bonds. The molecule has 0 radical (unpaired) electrons. The fraction of sp³-hybridized carbons (Fsp3) is 0.100. The summed E-state index contributed by atoms with van der Waals surface area (Å²) in [6.07, 6.45) is 0. The molecule has 0 aliphatic heterocycles. The van der Waals surface area contributed by atoms with Crippen LogP contribution in [0.25, 0.3) is 0 Å². The maximum absolute atomic E-state index is 6.23. The van der Waals surface area contributed by atoms with Gasteiger partial charge >= 0.3 is 0 Å². The van der Waals surface area contributed by atoms with Crippen LogP contribution in [0.4, 0.5) is 5.69 Å². The lowest BCUT2D eigenvalue weighted by Crippen LogP contribution is -2.09. The summed E-state index contributed by atoms with van der Waals surface area (Å²) in [6, 6.07) is 26.4. The normalized spacial score (nSPS) is 10.8. The maximum atomic E-state index is 6.23. The number of hydrogen-bond donors (Lipinski definition) is 1. The first kappa shape index (κ1) is 16.8. The quantitative estimate of drug-likeness (QED) is 0.344. The van der Waals surface area contributed by atoms with Crippen molar-refractivity contribution in [2.75, 3.05) is 5.73 Å². The Labute approximate surface area is 151 Å². The first-order valence-electron chi connectivity index (χ1n) is 7.67.